The first kappa shape index (κ1) is 15.3. The molecule has 3 aromatic heterocycles. The predicted molar refractivity (Wildman–Crippen MR) is 101 cm³/mol. The summed E-state index contributed by atoms with van der Waals surface area (Å²) in [5.41, 5.74) is 2.33. The molecule has 8 heteroatoms. The van der Waals surface area contributed by atoms with E-state index in [0.717, 1.165) is 34.9 Å². The van der Waals surface area contributed by atoms with Crippen molar-refractivity contribution in [2.45, 2.75) is 0 Å². The molecule has 26 heavy (non-hydrogen) atoms. The molecule has 7 nitrogen and oxygen atoms in total. The molecular formula is C18H16N6OS. The molecule has 1 saturated heterocycles. The lowest BCUT2D eigenvalue weighted by Gasteiger charge is -2.35. The zero-order chi connectivity index (χ0) is 17.5. The summed E-state index contributed by atoms with van der Waals surface area (Å²) < 4.78 is 6.07. The Hall–Kier alpha value is -3.00. The molecule has 1 amide bonds. The first-order chi connectivity index (χ1) is 12.8. The van der Waals surface area contributed by atoms with Crippen molar-refractivity contribution in [1.82, 2.24) is 23.6 Å². The number of hydrogen-bond acceptors (Lipinski definition) is 6. The Balaban J connectivity index is 1.40. The van der Waals surface area contributed by atoms with Crippen LogP contribution in [0.25, 0.3) is 16.0 Å². The lowest BCUT2D eigenvalue weighted by molar-refractivity contribution is 0.0748. The van der Waals surface area contributed by atoms with E-state index in [4.69, 9.17) is 0 Å². The fourth-order valence-electron chi connectivity index (χ4n) is 3.41. The Morgan fingerprint density at radius 3 is 2.73 bits per heavy atom. The molecule has 1 aliphatic heterocycles. The highest BCUT2D eigenvalue weighted by Gasteiger charge is 2.25. The molecule has 1 aromatic carbocycles. The maximum absolute atomic E-state index is 13.1. The fraction of sp³-hybridized carbons (Fsp3) is 0.222. The van der Waals surface area contributed by atoms with Gasteiger partial charge in [0.15, 0.2) is 0 Å². The van der Waals surface area contributed by atoms with Gasteiger partial charge in [0.05, 0.1) is 11.1 Å². The highest BCUT2D eigenvalue weighted by atomic mass is 32.1. The van der Waals surface area contributed by atoms with Crippen molar-refractivity contribution in [3.8, 4) is 0 Å². The summed E-state index contributed by atoms with van der Waals surface area (Å²) >= 11 is 1.33. The Kier molecular flexibility index (Phi) is 3.56. The number of carbonyl (C=O) groups excluding carboxylic acids is 1. The third-order valence-electron chi connectivity index (χ3n) is 4.76. The minimum atomic E-state index is 0.0370. The molecule has 4 heterocycles. The number of fused-ring (bicyclic) bond motifs is 3. The van der Waals surface area contributed by atoms with E-state index in [0.29, 0.717) is 18.7 Å². The molecule has 0 bridgehead atoms. The SMILES string of the molecule is O=C(c1cccc2c1nc1sncn12)N1CCN(c2ccccn2)CC1. The van der Waals surface area contributed by atoms with Crippen molar-refractivity contribution in [1.29, 1.82) is 0 Å². The van der Waals surface area contributed by atoms with Crippen LogP contribution in [0.4, 0.5) is 5.82 Å². The van der Waals surface area contributed by atoms with Crippen LogP contribution < -0.4 is 4.90 Å². The van der Waals surface area contributed by atoms with Gasteiger partial charge in [-0.1, -0.05) is 12.1 Å². The van der Waals surface area contributed by atoms with Crippen molar-refractivity contribution < 1.29 is 4.79 Å². The van der Waals surface area contributed by atoms with Crippen LogP contribution in [0.15, 0.2) is 48.9 Å². The fourth-order valence-corrected chi connectivity index (χ4v) is 4.01. The summed E-state index contributed by atoms with van der Waals surface area (Å²) in [7, 11) is 0. The summed E-state index contributed by atoms with van der Waals surface area (Å²) in [6.07, 6.45) is 3.54. The highest BCUT2D eigenvalue weighted by Crippen LogP contribution is 2.23. The smallest absolute Gasteiger partial charge is 0.256 e. The van der Waals surface area contributed by atoms with Gasteiger partial charge in [-0.05, 0) is 24.3 Å². The Morgan fingerprint density at radius 1 is 1.04 bits per heavy atom. The molecule has 1 aliphatic rings. The number of anilines is 1. The number of rotatable bonds is 2. The lowest BCUT2D eigenvalue weighted by atomic mass is 10.1. The van der Waals surface area contributed by atoms with Gasteiger partial charge in [0.25, 0.3) is 5.91 Å². The van der Waals surface area contributed by atoms with Crippen LogP contribution in [0, 0.1) is 0 Å². The monoisotopic (exact) mass is 364 g/mol. The van der Waals surface area contributed by atoms with Gasteiger partial charge in [0.2, 0.25) is 4.96 Å². The Morgan fingerprint density at radius 2 is 1.92 bits per heavy atom. The van der Waals surface area contributed by atoms with Crippen LogP contribution in [-0.2, 0) is 0 Å². The topological polar surface area (TPSA) is 66.6 Å². The summed E-state index contributed by atoms with van der Waals surface area (Å²) in [6, 6.07) is 11.6. The number of para-hydroxylation sites is 1. The van der Waals surface area contributed by atoms with E-state index in [1.807, 2.05) is 45.7 Å². The van der Waals surface area contributed by atoms with E-state index < -0.39 is 0 Å². The second kappa shape index (κ2) is 6.06. The Labute approximate surface area is 153 Å². The number of nitrogens with zero attached hydrogens (tertiary/aromatic N) is 6. The quantitative estimate of drug-likeness (QED) is 0.546. The van der Waals surface area contributed by atoms with Crippen molar-refractivity contribution >= 4 is 39.3 Å². The number of piperazine rings is 1. The van der Waals surface area contributed by atoms with Crippen LogP contribution in [0.3, 0.4) is 0 Å². The van der Waals surface area contributed by atoms with Crippen LogP contribution in [-0.4, -0.2) is 55.7 Å². The molecule has 0 saturated carbocycles. The normalized spacial score (nSPS) is 15.1. The molecule has 0 unspecified atom stereocenters. The molecular weight excluding hydrogens is 348 g/mol. The molecule has 5 rings (SSSR count). The number of hydrogen-bond donors (Lipinski definition) is 0. The van der Waals surface area contributed by atoms with Crippen molar-refractivity contribution in [3.63, 3.8) is 0 Å². The van der Waals surface area contributed by atoms with Gasteiger partial charge in [-0.3, -0.25) is 9.20 Å². The number of amides is 1. The van der Waals surface area contributed by atoms with E-state index in [-0.39, 0.29) is 5.91 Å². The molecule has 130 valence electrons. The van der Waals surface area contributed by atoms with E-state index in [1.54, 1.807) is 12.5 Å². The van der Waals surface area contributed by atoms with Gasteiger partial charge in [-0.2, -0.15) is 4.37 Å². The van der Waals surface area contributed by atoms with E-state index in [9.17, 15) is 4.79 Å². The number of benzene rings is 1. The maximum atomic E-state index is 13.1. The average molecular weight is 364 g/mol. The highest BCUT2D eigenvalue weighted by molar-refractivity contribution is 7.11. The molecule has 0 aliphatic carbocycles. The van der Waals surface area contributed by atoms with Gasteiger partial charge in [0.1, 0.15) is 17.7 Å². The standard InChI is InChI=1S/C18H16N6OS/c25-17(23-10-8-22(9-11-23)15-6-1-2-7-19-15)13-4-3-5-14-16(13)21-18-24(14)12-20-26-18/h1-7,12H,8-11H2. The summed E-state index contributed by atoms with van der Waals surface area (Å²) in [5, 5.41) is 0. The number of carbonyl (C=O) groups is 1. The van der Waals surface area contributed by atoms with Gasteiger partial charge < -0.3 is 9.80 Å². The number of pyridine rings is 1. The molecule has 4 aromatic rings. The first-order valence-electron chi connectivity index (χ1n) is 8.48. The summed E-state index contributed by atoms with van der Waals surface area (Å²) in [6.45, 7) is 2.91. The second-order valence-electron chi connectivity index (χ2n) is 6.22. The van der Waals surface area contributed by atoms with E-state index in [2.05, 4.69) is 19.2 Å². The molecule has 1 fully saturated rings. The van der Waals surface area contributed by atoms with Crippen LogP contribution in [0.1, 0.15) is 10.4 Å². The van der Waals surface area contributed by atoms with Gasteiger partial charge in [0, 0.05) is 43.9 Å². The molecule has 0 atom stereocenters. The van der Waals surface area contributed by atoms with E-state index >= 15 is 0 Å². The minimum absolute atomic E-state index is 0.0370. The second-order valence-corrected chi connectivity index (χ2v) is 6.98. The van der Waals surface area contributed by atoms with Crippen LogP contribution in [0.5, 0.6) is 0 Å². The first-order valence-corrected chi connectivity index (χ1v) is 9.25. The number of imidazole rings is 1. The van der Waals surface area contributed by atoms with Crippen molar-refractivity contribution in [3.05, 3.63) is 54.5 Å². The zero-order valence-electron chi connectivity index (χ0n) is 13.9. The molecule has 0 radical (unpaired) electrons. The largest absolute Gasteiger partial charge is 0.353 e. The number of aromatic nitrogens is 4. The zero-order valence-corrected chi connectivity index (χ0v) is 14.8. The van der Waals surface area contributed by atoms with Gasteiger partial charge in [-0.25, -0.2) is 9.97 Å². The van der Waals surface area contributed by atoms with Crippen molar-refractivity contribution in [2.24, 2.45) is 0 Å². The molecule has 0 spiro atoms. The van der Waals surface area contributed by atoms with E-state index in [1.165, 1.54) is 11.5 Å². The third-order valence-corrected chi connectivity index (χ3v) is 5.41. The lowest BCUT2D eigenvalue weighted by Crippen LogP contribution is -2.49. The van der Waals surface area contributed by atoms with Crippen LogP contribution in [0.2, 0.25) is 0 Å². The third kappa shape index (κ3) is 2.41. The average Bonchev–Trinajstić information content (AvgIpc) is 3.29. The summed E-state index contributed by atoms with van der Waals surface area (Å²) in [5.74, 6) is 0.999. The van der Waals surface area contributed by atoms with Crippen molar-refractivity contribution in [2.75, 3.05) is 31.1 Å². The van der Waals surface area contributed by atoms with Gasteiger partial charge >= 0.3 is 0 Å². The van der Waals surface area contributed by atoms with Crippen LogP contribution >= 0.6 is 11.5 Å². The Bertz CT molecular complexity index is 1080. The predicted octanol–water partition coefficient (Wildman–Crippen LogP) is 2.30. The van der Waals surface area contributed by atoms with Gasteiger partial charge in [-0.15, -0.1) is 0 Å². The summed E-state index contributed by atoms with van der Waals surface area (Å²) in [4.78, 5) is 27.0. The molecule has 0 N–H and O–H groups in total. The minimum Gasteiger partial charge on any atom is -0.353 e. The maximum Gasteiger partial charge on any atom is 0.256 e.